The number of allylic oxidation sites excluding steroid dienone is 1. The zero-order valence-electron chi connectivity index (χ0n) is 28.0. The quantitative estimate of drug-likeness (QED) is 0.173. The molecule has 0 amide bonds. The van der Waals surface area contributed by atoms with E-state index in [4.69, 9.17) is 9.16 Å². The molecule has 2 unspecified atom stereocenters. The molecule has 3 aliphatic rings. The Hall–Kier alpha value is -2.17. The molecule has 3 aliphatic carbocycles. The average molecular weight is 601 g/mol. The summed E-state index contributed by atoms with van der Waals surface area (Å²) in [6.07, 6.45) is 9.10. The van der Waals surface area contributed by atoms with Gasteiger partial charge in [0.25, 0.3) is 8.32 Å². The zero-order valence-corrected chi connectivity index (χ0v) is 29.0. The lowest BCUT2D eigenvalue weighted by atomic mass is 9.50. The van der Waals surface area contributed by atoms with Crippen LogP contribution in [0.5, 0.6) is 0 Å². The van der Waals surface area contributed by atoms with Crippen molar-refractivity contribution in [3.63, 3.8) is 0 Å². The lowest BCUT2D eigenvalue weighted by molar-refractivity contribution is -0.169. The summed E-state index contributed by atoms with van der Waals surface area (Å²) < 4.78 is 13.7. The van der Waals surface area contributed by atoms with Crippen LogP contribution >= 0.6 is 0 Å². The Balaban J connectivity index is 1.51. The molecule has 3 nitrogen and oxygen atoms in total. The van der Waals surface area contributed by atoms with Gasteiger partial charge in [0.2, 0.25) is 0 Å². The van der Waals surface area contributed by atoms with Crippen molar-refractivity contribution < 1.29 is 14.0 Å². The molecule has 0 heterocycles. The lowest BCUT2D eigenvalue weighted by Gasteiger charge is -2.56. The van der Waals surface area contributed by atoms with Crippen molar-refractivity contribution >= 4 is 24.7 Å². The molecular weight excluding hydrogens is 545 g/mol. The van der Waals surface area contributed by atoms with Crippen molar-refractivity contribution in [2.24, 2.45) is 34.5 Å². The first kappa shape index (κ1) is 32.2. The largest absolute Gasteiger partial charge is 0.462 e. The highest BCUT2D eigenvalue weighted by Gasteiger charge is 2.58. The fraction of sp³-hybridized carbons (Fsp3) is 0.615. The number of fused-ring (bicyclic) bond motifs is 1. The molecule has 2 aromatic carbocycles. The van der Waals surface area contributed by atoms with Crippen molar-refractivity contribution in [3.8, 4) is 0 Å². The molecule has 2 aromatic rings. The standard InChI is InChI=1S/C39H56O3Si/c1-28-21-24-39(8,36(27-28)42-30(3)40)35-22-25-38(7)29(2)19-20-34(38)33(35)23-26-41-43(37(4,5)6,31-15-11-9-12-16-31)32-17-13-10-14-18-32/h9-18,28,33-36H,2,19-27H2,1,3-8H3/t28-,33-,34?,35?,36-,38+,39+/m0/s1. The van der Waals surface area contributed by atoms with E-state index < -0.39 is 8.32 Å². The molecule has 4 heteroatoms. The molecule has 0 radical (unpaired) electrons. The van der Waals surface area contributed by atoms with Crippen LogP contribution in [-0.2, 0) is 14.0 Å². The highest BCUT2D eigenvalue weighted by Crippen LogP contribution is 2.64. The average Bonchev–Trinajstić information content (AvgIpc) is 3.27. The minimum Gasteiger partial charge on any atom is -0.462 e. The van der Waals surface area contributed by atoms with Crippen LogP contribution < -0.4 is 10.4 Å². The summed E-state index contributed by atoms with van der Waals surface area (Å²) in [5, 5.41) is 2.65. The molecule has 0 saturated heterocycles. The summed E-state index contributed by atoms with van der Waals surface area (Å²) in [6.45, 7) is 21.3. The molecule has 3 fully saturated rings. The molecule has 0 N–H and O–H groups in total. The normalized spacial score (nSPS) is 33.2. The molecule has 0 aromatic heterocycles. The summed E-state index contributed by atoms with van der Waals surface area (Å²) in [6, 6.07) is 22.1. The maximum absolute atomic E-state index is 12.3. The Kier molecular flexibility index (Phi) is 9.23. The van der Waals surface area contributed by atoms with Gasteiger partial charge in [-0.3, -0.25) is 4.79 Å². The Morgan fingerprint density at radius 3 is 2.09 bits per heavy atom. The molecule has 0 bridgehead atoms. The van der Waals surface area contributed by atoms with Crippen LogP contribution in [0.15, 0.2) is 72.8 Å². The van der Waals surface area contributed by atoms with Gasteiger partial charge < -0.3 is 9.16 Å². The third kappa shape index (κ3) is 5.83. The van der Waals surface area contributed by atoms with Gasteiger partial charge in [-0.1, -0.05) is 114 Å². The third-order valence-corrected chi connectivity index (χ3v) is 17.3. The fourth-order valence-corrected chi connectivity index (χ4v) is 14.4. The van der Waals surface area contributed by atoms with Crippen LogP contribution in [0.25, 0.3) is 0 Å². The molecule has 43 heavy (non-hydrogen) atoms. The van der Waals surface area contributed by atoms with Gasteiger partial charge in [0, 0.05) is 18.9 Å². The van der Waals surface area contributed by atoms with Crippen LogP contribution in [0.2, 0.25) is 5.04 Å². The molecular formula is C39H56O3Si. The first-order valence-corrected chi connectivity index (χ1v) is 18.8. The van der Waals surface area contributed by atoms with E-state index in [1.54, 1.807) is 6.92 Å². The summed E-state index contributed by atoms with van der Waals surface area (Å²) in [5.74, 6) is 2.10. The van der Waals surface area contributed by atoms with Gasteiger partial charge in [-0.05, 0) is 95.9 Å². The van der Waals surface area contributed by atoms with E-state index in [0.29, 0.717) is 23.7 Å². The van der Waals surface area contributed by atoms with E-state index in [1.165, 1.54) is 41.6 Å². The van der Waals surface area contributed by atoms with Gasteiger partial charge in [-0.15, -0.1) is 0 Å². The second-order valence-corrected chi connectivity index (χ2v) is 20.1. The monoisotopic (exact) mass is 600 g/mol. The maximum atomic E-state index is 12.3. The number of benzene rings is 2. The van der Waals surface area contributed by atoms with Gasteiger partial charge in [0.05, 0.1) is 0 Å². The number of esters is 1. The number of hydrogen-bond donors (Lipinski definition) is 0. The van der Waals surface area contributed by atoms with Gasteiger partial charge in [0.1, 0.15) is 6.10 Å². The number of ether oxygens (including phenoxy) is 1. The van der Waals surface area contributed by atoms with Crippen LogP contribution in [0, 0.1) is 34.5 Å². The Morgan fingerprint density at radius 1 is 0.930 bits per heavy atom. The third-order valence-electron chi connectivity index (χ3n) is 12.3. The molecule has 234 valence electrons. The first-order valence-electron chi connectivity index (χ1n) is 16.9. The van der Waals surface area contributed by atoms with Crippen LogP contribution in [-0.4, -0.2) is 27.0 Å². The summed E-state index contributed by atoms with van der Waals surface area (Å²) in [7, 11) is -2.61. The van der Waals surface area contributed by atoms with Crippen molar-refractivity contribution in [1.82, 2.24) is 0 Å². The van der Waals surface area contributed by atoms with Crippen LogP contribution in [0.1, 0.15) is 99.8 Å². The topological polar surface area (TPSA) is 35.5 Å². The van der Waals surface area contributed by atoms with Gasteiger partial charge in [-0.2, -0.15) is 0 Å². The van der Waals surface area contributed by atoms with Crippen LogP contribution in [0.4, 0.5) is 0 Å². The predicted molar refractivity (Wildman–Crippen MR) is 181 cm³/mol. The van der Waals surface area contributed by atoms with Crippen molar-refractivity contribution in [3.05, 3.63) is 72.8 Å². The highest BCUT2D eigenvalue weighted by molar-refractivity contribution is 6.99. The van der Waals surface area contributed by atoms with E-state index in [9.17, 15) is 4.79 Å². The number of hydrogen-bond acceptors (Lipinski definition) is 3. The fourth-order valence-electron chi connectivity index (χ4n) is 9.80. The van der Waals surface area contributed by atoms with Crippen molar-refractivity contribution in [2.45, 2.75) is 111 Å². The maximum Gasteiger partial charge on any atom is 0.302 e. The molecule has 5 rings (SSSR count). The predicted octanol–water partition coefficient (Wildman–Crippen LogP) is 8.71. The second kappa shape index (κ2) is 12.3. The van der Waals surface area contributed by atoms with E-state index in [2.05, 4.69) is 109 Å². The SMILES string of the molecule is C=C1CCC2[C@H](CCO[Si](c3ccccc3)(c3ccccc3)C(C)(C)C)C([C@@]3(C)CC[C@H](C)C[C@@H]3OC(C)=O)CC[C@]12C. The van der Waals surface area contributed by atoms with Gasteiger partial charge in [0.15, 0.2) is 0 Å². The highest BCUT2D eigenvalue weighted by atomic mass is 28.4. The number of rotatable bonds is 8. The Bertz CT molecular complexity index is 1230. The van der Waals surface area contributed by atoms with Gasteiger partial charge >= 0.3 is 5.97 Å². The number of carbonyl (C=O) groups is 1. The molecule has 7 atom stereocenters. The van der Waals surface area contributed by atoms with Crippen molar-refractivity contribution in [1.29, 1.82) is 0 Å². The second-order valence-electron chi connectivity index (χ2n) is 15.8. The molecule has 0 spiro atoms. The van der Waals surface area contributed by atoms with Crippen molar-refractivity contribution in [2.75, 3.05) is 6.61 Å². The number of carbonyl (C=O) groups excluding carboxylic acids is 1. The van der Waals surface area contributed by atoms with Crippen LogP contribution in [0.3, 0.4) is 0 Å². The molecule has 3 saturated carbocycles. The van der Waals surface area contributed by atoms with E-state index in [-0.39, 0.29) is 27.9 Å². The Labute approximate surface area is 263 Å². The van der Waals surface area contributed by atoms with E-state index in [0.717, 1.165) is 32.3 Å². The molecule has 0 aliphatic heterocycles. The first-order chi connectivity index (χ1) is 20.3. The summed E-state index contributed by atoms with van der Waals surface area (Å²) in [4.78, 5) is 12.3. The lowest BCUT2D eigenvalue weighted by Crippen LogP contribution is -2.66. The van der Waals surface area contributed by atoms with Gasteiger partial charge in [-0.25, -0.2) is 0 Å². The minimum atomic E-state index is -2.61. The van der Waals surface area contributed by atoms with E-state index in [1.807, 2.05) is 0 Å². The smallest absolute Gasteiger partial charge is 0.302 e. The summed E-state index contributed by atoms with van der Waals surface area (Å²) in [5.41, 5.74) is 1.65. The summed E-state index contributed by atoms with van der Waals surface area (Å²) >= 11 is 0. The minimum absolute atomic E-state index is 0.00666. The zero-order chi connectivity index (χ0) is 31.0. The van der Waals surface area contributed by atoms with E-state index >= 15 is 0 Å². The Morgan fingerprint density at radius 2 is 1.53 bits per heavy atom.